The van der Waals surface area contributed by atoms with Crippen molar-refractivity contribution in [3.05, 3.63) is 23.2 Å². The molecule has 1 aromatic rings. The molecule has 1 aliphatic heterocycles. The number of aromatic hydroxyl groups is 1. The highest BCUT2D eigenvalue weighted by Gasteiger charge is 2.47. The van der Waals surface area contributed by atoms with E-state index in [4.69, 9.17) is 26.7 Å². The van der Waals surface area contributed by atoms with Gasteiger partial charge in [-0.15, -0.1) is 0 Å². The molecule has 3 heteroatoms. The molecule has 2 atom stereocenters. The Morgan fingerprint density at radius 2 is 2.22 bits per heavy atom. The molecule has 0 radical (unpaired) electrons. The van der Waals surface area contributed by atoms with Gasteiger partial charge in [0.1, 0.15) is 22.9 Å². The monoisotopic (exact) mass is 390 g/mol. The maximum absolute atomic E-state index is 13.3. The lowest BCUT2D eigenvalue weighted by Gasteiger charge is -2.47. The molecule has 3 rings (SSSR count). The number of Topliss-reactive ketones (excluding diaryl/α,β-unsaturated/α-hetero) is 1. The van der Waals surface area contributed by atoms with Gasteiger partial charge >= 0.3 is 0 Å². The molecule has 0 spiro atoms. The van der Waals surface area contributed by atoms with Gasteiger partial charge in [0, 0.05) is 52.0 Å². The van der Waals surface area contributed by atoms with Crippen molar-refractivity contribution < 1.29 is 39.3 Å². The fourth-order valence-corrected chi connectivity index (χ4v) is 3.18. The Morgan fingerprint density at radius 3 is 2.93 bits per heavy atom. The molecule has 1 aromatic carbocycles. The summed E-state index contributed by atoms with van der Waals surface area (Å²) in [7, 11) is 0. The SMILES string of the molecule is [2H]c1c(O)c2c(c([2H])c1C(C)(C)CCCCC([2H])([2H])C)OC(C([2H])([2H])[2H])(C([2H])([2H])[2H])[C@]1([2H])C([2H])([2H])C([2H])([2H])C(=O)C([2H])([2H])[C@@]21[2H]. The first-order valence-electron chi connectivity index (χ1n) is 17.8. The van der Waals surface area contributed by atoms with E-state index in [0.29, 0.717) is 12.8 Å². The lowest BCUT2D eigenvalue weighted by atomic mass is 9.66. The van der Waals surface area contributed by atoms with Crippen LogP contribution in [0.15, 0.2) is 12.1 Å². The molecule has 0 unspecified atom stereocenters. The van der Waals surface area contributed by atoms with Crippen molar-refractivity contribution in [3.63, 3.8) is 0 Å². The van der Waals surface area contributed by atoms with Gasteiger partial charge in [-0.05, 0) is 49.6 Å². The zero-order chi connectivity index (χ0) is 35.6. The zero-order valence-electron chi connectivity index (χ0n) is 33.6. The minimum absolute atomic E-state index is 0.138. The molecule has 0 amide bonds. The van der Waals surface area contributed by atoms with Gasteiger partial charge in [-0.3, -0.25) is 4.79 Å². The number of carbonyl (C=O) groups excluding carboxylic acids is 1. The molecule has 0 saturated heterocycles. The quantitative estimate of drug-likeness (QED) is 0.583. The predicted octanol–water partition coefficient (Wildman–Crippen LogP) is 6.26. The summed E-state index contributed by atoms with van der Waals surface area (Å²) in [6.07, 6.45) is -13.0. The maximum Gasteiger partial charge on any atom is 0.133 e. The van der Waals surface area contributed by atoms with Crippen molar-refractivity contribution in [1.29, 1.82) is 0 Å². The van der Waals surface area contributed by atoms with Crippen LogP contribution in [0.3, 0.4) is 0 Å². The van der Waals surface area contributed by atoms with E-state index < -0.39 is 96.9 Å². The van der Waals surface area contributed by atoms with Gasteiger partial charge in [0.05, 0.1) is 2.74 Å². The first-order valence-corrected chi connectivity index (χ1v) is 8.79. The number of phenolic OH excluding ortho intramolecular Hbond substituents is 1. The molecule has 1 aliphatic carbocycles. The van der Waals surface area contributed by atoms with E-state index in [1.807, 2.05) is 0 Å². The second kappa shape index (κ2) is 7.48. The van der Waals surface area contributed by atoms with E-state index in [1.54, 1.807) is 0 Å². The van der Waals surface area contributed by atoms with Crippen molar-refractivity contribution in [2.75, 3.05) is 0 Å². The third-order valence-electron chi connectivity index (χ3n) is 4.75. The number of hydrogen-bond donors (Lipinski definition) is 1. The smallest absolute Gasteiger partial charge is 0.133 e. The summed E-state index contributed by atoms with van der Waals surface area (Å²) in [5.74, 6) is -13.5. The van der Waals surface area contributed by atoms with Crippen LogP contribution >= 0.6 is 0 Å². The van der Waals surface area contributed by atoms with E-state index in [0.717, 1.165) is 0 Å². The van der Waals surface area contributed by atoms with Crippen LogP contribution in [0, 0.1) is 5.89 Å². The number of ether oxygens (including phenoxy) is 1. The number of benzene rings is 1. The lowest BCUT2D eigenvalue weighted by molar-refractivity contribution is -0.124. The van der Waals surface area contributed by atoms with E-state index in [9.17, 15) is 12.6 Å². The van der Waals surface area contributed by atoms with Gasteiger partial charge in [0.15, 0.2) is 0 Å². The summed E-state index contributed by atoms with van der Waals surface area (Å²) in [4.78, 5) is 13.3. The average Bonchev–Trinajstić information content (AvgIpc) is 2.83. The maximum atomic E-state index is 13.3. The molecular weight excluding hydrogens is 336 g/mol. The Bertz CT molecular complexity index is 1380. The molecule has 3 nitrogen and oxygen atoms in total. The Hall–Kier alpha value is -1.51. The van der Waals surface area contributed by atoms with Crippen LogP contribution < -0.4 is 4.74 Å². The molecule has 2 aliphatic rings. The average molecular weight is 391 g/mol. The molecule has 1 fully saturated rings. The minimum Gasteiger partial charge on any atom is -0.508 e. The molecule has 0 aromatic heterocycles. The molecular formula is C24H36O3. The van der Waals surface area contributed by atoms with Gasteiger partial charge in [-0.2, -0.15) is 0 Å². The highest BCUT2D eigenvalue weighted by atomic mass is 16.5. The van der Waals surface area contributed by atoms with Crippen LogP contribution in [0.2, 0.25) is 0 Å². The summed E-state index contributed by atoms with van der Waals surface area (Å²) >= 11 is 0. The third kappa shape index (κ3) is 4.02. The number of hydrogen-bond acceptors (Lipinski definition) is 3. The van der Waals surface area contributed by atoms with Crippen molar-refractivity contribution in [1.82, 2.24) is 0 Å². The largest absolute Gasteiger partial charge is 0.508 e. The lowest BCUT2D eigenvalue weighted by Crippen LogP contribution is -2.47. The summed E-state index contributed by atoms with van der Waals surface area (Å²) < 4.78 is 158. The second-order valence-corrected chi connectivity index (χ2v) is 7.36. The normalized spacial score (nSPS) is 46.4. The Labute approximate surface area is 189 Å². The molecule has 27 heavy (non-hydrogen) atoms. The minimum atomic E-state index is -4.41. The van der Waals surface area contributed by atoms with Crippen molar-refractivity contribution in [2.24, 2.45) is 5.89 Å². The molecule has 1 heterocycles. The van der Waals surface area contributed by atoms with Gasteiger partial charge in [0.2, 0.25) is 0 Å². The summed E-state index contributed by atoms with van der Waals surface area (Å²) in [6.45, 7) is -3.96. The highest BCUT2D eigenvalue weighted by Crippen LogP contribution is 2.54. The topological polar surface area (TPSA) is 46.5 Å². The van der Waals surface area contributed by atoms with Crippen LogP contribution in [0.1, 0.15) is 127 Å². The van der Waals surface area contributed by atoms with Crippen molar-refractivity contribution in [3.8, 4) is 11.5 Å². The first kappa shape index (κ1) is 7.39. The van der Waals surface area contributed by atoms with Gasteiger partial charge in [-0.1, -0.05) is 46.4 Å². The van der Waals surface area contributed by atoms with Crippen LogP contribution in [0.25, 0.3) is 0 Å². The molecule has 1 N–H and O–H groups in total. The fourth-order valence-electron chi connectivity index (χ4n) is 3.18. The van der Waals surface area contributed by atoms with Gasteiger partial charge in [-0.25, -0.2) is 0 Å². The van der Waals surface area contributed by atoms with Gasteiger partial charge < -0.3 is 9.84 Å². The van der Waals surface area contributed by atoms with E-state index >= 15 is 0 Å². The fraction of sp³-hybridized carbons (Fsp3) is 0.708. The summed E-state index contributed by atoms with van der Waals surface area (Å²) in [6, 6.07) is -1.92. The third-order valence-corrected chi connectivity index (χ3v) is 4.75. The number of unbranched alkanes of at least 4 members (excludes halogenated alkanes) is 1. The zero-order valence-corrected chi connectivity index (χ0v) is 15.6. The van der Waals surface area contributed by atoms with Crippen LogP contribution in [0.4, 0.5) is 0 Å². The number of rotatable bonds is 6. The van der Waals surface area contributed by atoms with Crippen LogP contribution in [0.5, 0.6) is 11.5 Å². The number of ketones is 1. The van der Waals surface area contributed by atoms with Crippen molar-refractivity contribution >= 4 is 5.78 Å². The molecule has 0 bridgehead atoms. The number of phenols is 1. The second-order valence-electron chi connectivity index (χ2n) is 7.36. The van der Waals surface area contributed by atoms with E-state index in [2.05, 4.69) is 0 Å². The number of fused-ring (bicyclic) bond motifs is 3. The standard InChI is InChI=1S/C24H36O3/c1-6-7-8-9-12-23(2,3)16-13-20(26)22-18-15-17(25)10-11-19(18)24(4,5)27-21(22)14-16/h13-14,18-19,26H,6-12,15H2,1-5H3/t18-,19-/m1/s1/i4D3,5D3,6D2,10D2,11D2,13D,14D,15D2,18D,19D. The predicted molar refractivity (Wildman–Crippen MR) is 110 cm³/mol. The van der Waals surface area contributed by atoms with Crippen LogP contribution in [-0.2, 0) is 10.2 Å². The summed E-state index contributed by atoms with van der Waals surface area (Å²) in [5, 5.41) is 11.4. The van der Waals surface area contributed by atoms with E-state index in [1.165, 1.54) is 20.8 Å². The number of carbonyl (C=O) groups is 1. The first-order chi connectivity index (χ1) is 19.7. The molecule has 1 saturated carbocycles. The Morgan fingerprint density at radius 1 is 1.44 bits per heavy atom. The van der Waals surface area contributed by atoms with Gasteiger partial charge in [0.25, 0.3) is 0 Å². The molecule has 150 valence electrons. The Balaban J connectivity index is 2.58. The van der Waals surface area contributed by atoms with E-state index in [-0.39, 0.29) is 18.4 Å². The summed E-state index contributed by atoms with van der Waals surface area (Å²) in [5.41, 5.74) is -7.35. The Kier molecular flexibility index (Phi) is 2.05. The van der Waals surface area contributed by atoms with Crippen LogP contribution in [-0.4, -0.2) is 16.5 Å². The highest BCUT2D eigenvalue weighted by molar-refractivity contribution is 5.81. The van der Waals surface area contributed by atoms with Crippen molar-refractivity contribution in [2.45, 2.75) is 103 Å².